The quantitative estimate of drug-likeness (QED) is 0.641. The summed E-state index contributed by atoms with van der Waals surface area (Å²) >= 11 is 16.2. The van der Waals surface area contributed by atoms with Gasteiger partial charge in [0.05, 0.1) is 19.7 Å². The van der Waals surface area contributed by atoms with E-state index in [-0.39, 0.29) is 0 Å². The molecule has 0 bridgehead atoms. The van der Waals surface area contributed by atoms with Crippen LogP contribution in [0.2, 0.25) is 5.02 Å². The summed E-state index contributed by atoms with van der Waals surface area (Å²) < 4.78 is 2.61. The predicted molar refractivity (Wildman–Crippen MR) is 82.1 cm³/mol. The van der Waals surface area contributed by atoms with Crippen LogP contribution in [-0.2, 0) is 0 Å². The Morgan fingerprint density at radius 2 is 1.94 bits per heavy atom. The highest BCUT2D eigenvalue weighted by Gasteiger charge is 2.07. The number of anilines is 2. The van der Waals surface area contributed by atoms with Gasteiger partial charge in [0.1, 0.15) is 5.82 Å². The number of halogens is 4. The maximum absolute atomic E-state index is 6.02. The number of benzene rings is 1. The molecule has 0 radical (unpaired) electrons. The summed E-state index contributed by atoms with van der Waals surface area (Å²) in [5.41, 5.74) is 0.869. The van der Waals surface area contributed by atoms with Crippen LogP contribution in [0, 0.1) is 0 Å². The van der Waals surface area contributed by atoms with Crippen LogP contribution in [0.15, 0.2) is 43.9 Å². The first-order chi connectivity index (χ1) is 8.08. The second kappa shape index (κ2) is 5.69. The van der Waals surface area contributed by atoms with Crippen LogP contribution in [0.3, 0.4) is 0 Å². The molecule has 1 N–H and O–H groups in total. The van der Waals surface area contributed by atoms with E-state index < -0.39 is 0 Å². The SMILES string of the molecule is Clc1cccc(Nc2ncc(Br)cc2Br)c1Br. The third-order valence-corrected chi connectivity index (χ3v) is 4.45. The minimum absolute atomic E-state index is 0.656. The van der Waals surface area contributed by atoms with Gasteiger partial charge in [0, 0.05) is 10.7 Å². The smallest absolute Gasteiger partial charge is 0.144 e. The topological polar surface area (TPSA) is 24.9 Å². The Morgan fingerprint density at radius 1 is 1.18 bits per heavy atom. The van der Waals surface area contributed by atoms with Crippen LogP contribution >= 0.6 is 59.4 Å². The van der Waals surface area contributed by atoms with Crippen LogP contribution in [0.5, 0.6) is 0 Å². The molecule has 2 aromatic rings. The Morgan fingerprint density at radius 3 is 2.65 bits per heavy atom. The van der Waals surface area contributed by atoms with E-state index in [0.717, 1.165) is 24.9 Å². The number of aromatic nitrogens is 1. The van der Waals surface area contributed by atoms with Crippen LogP contribution in [0.25, 0.3) is 0 Å². The molecule has 17 heavy (non-hydrogen) atoms. The molecule has 0 saturated heterocycles. The highest BCUT2D eigenvalue weighted by molar-refractivity contribution is 9.11. The molecule has 2 rings (SSSR count). The lowest BCUT2D eigenvalue weighted by molar-refractivity contribution is 1.27. The lowest BCUT2D eigenvalue weighted by atomic mass is 10.3. The lowest BCUT2D eigenvalue weighted by Gasteiger charge is -2.10. The van der Waals surface area contributed by atoms with Gasteiger partial charge in [-0.05, 0) is 66.0 Å². The summed E-state index contributed by atoms with van der Waals surface area (Å²) in [6.07, 6.45) is 1.73. The summed E-state index contributed by atoms with van der Waals surface area (Å²) in [6, 6.07) is 7.54. The van der Waals surface area contributed by atoms with Gasteiger partial charge in [0.15, 0.2) is 0 Å². The van der Waals surface area contributed by atoms with E-state index in [9.17, 15) is 0 Å². The maximum atomic E-state index is 6.02. The first kappa shape index (κ1) is 13.3. The molecule has 6 heteroatoms. The predicted octanol–water partition coefficient (Wildman–Crippen LogP) is 5.77. The van der Waals surface area contributed by atoms with E-state index >= 15 is 0 Å². The van der Waals surface area contributed by atoms with Gasteiger partial charge >= 0.3 is 0 Å². The van der Waals surface area contributed by atoms with Crippen molar-refractivity contribution in [3.05, 3.63) is 48.9 Å². The minimum Gasteiger partial charge on any atom is -0.338 e. The van der Waals surface area contributed by atoms with Gasteiger partial charge in [0.2, 0.25) is 0 Å². The van der Waals surface area contributed by atoms with Gasteiger partial charge in [-0.3, -0.25) is 0 Å². The second-order valence-corrected chi connectivity index (χ2v) is 6.18. The van der Waals surface area contributed by atoms with Gasteiger partial charge in [-0.25, -0.2) is 4.98 Å². The zero-order valence-corrected chi connectivity index (χ0v) is 13.9. The van der Waals surface area contributed by atoms with Crippen molar-refractivity contribution in [3.8, 4) is 0 Å². The molecule has 88 valence electrons. The summed E-state index contributed by atoms with van der Waals surface area (Å²) in [5.74, 6) is 0.733. The number of pyridine rings is 1. The fraction of sp³-hybridized carbons (Fsp3) is 0. The van der Waals surface area contributed by atoms with Crippen molar-refractivity contribution in [3.63, 3.8) is 0 Å². The van der Waals surface area contributed by atoms with Gasteiger partial charge in [0.25, 0.3) is 0 Å². The molecule has 0 fully saturated rings. The third-order valence-electron chi connectivity index (χ3n) is 2.01. The zero-order chi connectivity index (χ0) is 12.4. The van der Waals surface area contributed by atoms with Crippen LogP contribution in [-0.4, -0.2) is 4.98 Å². The number of rotatable bonds is 2. The molecular weight excluding hydrogens is 435 g/mol. The summed E-state index contributed by atoms with van der Waals surface area (Å²) in [4.78, 5) is 4.28. The van der Waals surface area contributed by atoms with Crippen LogP contribution < -0.4 is 5.32 Å². The Bertz CT molecular complexity index is 560. The van der Waals surface area contributed by atoms with E-state index in [4.69, 9.17) is 11.6 Å². The van der Waals surface area contributed by atoms with E-state index in [1.165, 1.54) is 0 Å². The average molecular weight is 441 g/mol. The highest BCUT2D eigenvalue weighted by atomic mass is 79.9. The molecule has 0 aliphatic carbocycles. The average Bonchev–Trinajstić information content (AvgIpc) is 2.28. The maximum Gasteiger partial charge on any atom is 0.144 e. The van der Waals surface area contributed by atoms with Gasteiger partial charge in [-0.15, -0.1) is 0 Å². The molecule has 0 atom stereocenters. The molecule has 2 nitrogen and oxygen atoms in total. The van der Waals surface area contributed by atoms with Gasteiger partial charge < -0.3 is 5.32 Å². The molecule has 1 heterocycles. The first-order valence-corrected chi connectivity index (χ1v) is 7.35. The number of hydrogen-bond acceptors (Lipinski definition) is 2. The molecule has 0 saturated carbocycles. The molecule has 1 aromatic carbocycles. The van der Waals surface area contributed by atoms with Crippen molar-refractivity contribution in [2.24, 2.45) is 0 Å². The molecule has 0 aliphatic rings. The van der Waals surface area contributed by atoms with Gasteiger partial charge in [-0.1, -0.05) is 17.7 Å². The normalized spacial score (nSPS) is 10.4. The molecule has 0 spiro atoms. The molecule has 0 aliphatic heterocycles. The largest absolute Gasteiger partial charge is 0.338 e. The van der Waals surface area contributed by atoms with Crippen molar-refractivity contribution >= 4 is 70.9 Å². The number of hydrogen-bond donors (Lipinski definition) is 1. The molecule has 0 unspecified atom stereocenters. The highest BCUT2D eigenvalue weighted by Crippen LogP contribution is 2.33. The molecular formula is C11H6Br3ClN2. The fourth-order valence-electron chi connectivity index (χ4n) is 1.23. The number of nitrogens with zero attached hydrogens (tertiary/aromatic N) is 1. The van der Waals surface area contributed by atoms with E-state index in [0.29, 0.717) is 5.02 Å². The van der Waals surface area contributed by atoms with E-state index in [2.05, 4.69) is 58.1 Å². The second-order valence-electron chi connectivity index (χ2n) is 3.21. The molecule has 0 amide bonds. The van der Waals surface area contributed by atoms with Crippen LogP contribution in [0.4, 0.5) is 11.5 Å². The van der Waals surface area contributed by atoms with E-state index in [1.54, 1.807) is 6.20 Å². The van der Waals surface area contributed by atoms with Crippen molar-refractivity contribution in [1.29, 1.82) is 0 Å². The van der Waals surface area contributed by atoms with Gasteiger partial charge in [-0.2, -0.15) is 0 Å². The third kappa shape index (κ3) is 3.22. The van der Waals surface area contributed by atoms with Crippen LogP contribution in [0.1, 0.15) is 0 Å². The number of nitrogens with one attached hydrogen (secondary N) is 1. The van der Waals surface area contributed by atoms with E-state index in [1.807, 2.05) is 24.3 Å². The first-order valence-electron chi connectivity index (χ1n) is 4.60. The Balaban J connectivity index is 2.35. The summed E-state index contributed by atoms with van der Waals surface area (Å²) in [7, 11) is 0. The van der Waals surface area contributed by atoms with Crippen molar-refractivity contribution in [2.45, 2.75) is 0 Å². The van der Waals surface area contributed by atoms with Crippen molar-refractivity contribution in [1.82, 2.24) is 4.98 Å². The fourth-order valence-corrected chi connectivity index (χ4v) is 2.86. The minimum atomic E-state index is 0.656. The Labute approximate surface area is 129 Å². The summed E-state index contributed by atoms with van der Waals surface area (Å²) in [5, 5.41) is 3.85. The monoisotopic (exact) mass is 438 g/mol. The van der Waals surface area contributed by atoms with Crippen molar-refractivity contribution < 1.29 is 0 Å². The zero-order valence-electron chi connectivity index (χ0n) is 8.35. The molecule has 1 aromatic heterocycles. The Kier molecular flexibility index (Phi) is 4.47. The standard InChI is InChI=1S/C11H6Br3ClN2/c12-6-4-7(13)11(16-5-6)17-9-3-1-2-8(15)10(9)14/h1-5H,(H,16,17). The lowest BCUT2D eigenvalue weighted by Crippen LogP contribution is -1.95. The summed E-state index contributed by atoms with van der Waals surface area (Å²) in [6.45, 7) is 0. The van der Waals surface area contributed by atoms with Crippen molar-refractivity contribution in [2.75, 3.05) is 5.32 Å². The Hall–Kier alpha value is -0.100.